The van der Waals surface area contributed by atoms with Crippen LogP contribution in [-0.4, -0.2) is 38.0 Å². The van der Waals surface area contributed by atoms with E-state index in [0.717, 1.165) is 32.4 Å². The van der Waals surface area contributed by atoms with Crippen LogP contribution in [0.1, 0.15) is 25.7 Å². The Morgan fingerprint density at radius 3 is 2.79 bits per heavy atom. The number of allylic oxidation sites excluding steroid dienone is 1. The molecule has 0 fully saturated rings. The van der Waals surface area contributed by atoms with Gasteiger partial charge in [0.1, 0.15) is 0 Å². The van der Waals surface area contributed by atoms with E-state index in [0.29, 0.717) is 6.42 Å². The van der Waals surface area contributed by atoms with Crippen molar-refractivity contribution in [3.8, 4) is 0 Å². The number of unbranched alkanes of at least 4 members (excludes halogenated alkanes) is 1. The highest BCUT2D eigenvalue weighted by Gasteiger charge is 2.06. The van der Waals surface area contributed by atoms with Gasteiger partial charge in [0.05, 0.1) is 0 Å². The Morgan fingerprint density at radius 1 is 1.50 bits per heavy atom. The molecule has 0 aromatic carbocycles. The number of carbonyl (C=O) groups excluding carboxylic acids is 1. The molecule has 0 heterocycles. The van der Waals surface area contributed by atoms with Gasteiger partial charge >= 0.3 is 0 Å². The second-order valence-corrected chi connectivity index (χ2v) is 3.45. The van der Waals surface area contributed by atoms with Gasteiger partial charge < -0.3 is 10.2 Å². The van der Waals surface area contributed by atoms with Crippen LogP contribution in [0.25, 0.3) is 0 Å². The van der Waals surface area contributed by atoms with Crippen LogP contribution >= 0.6 is 0 Å². The largest absolute Gasteiger partial charge is 0.346 e. The maximum Gasteiger partial charge on any atom is 0.222 e. The monoisotopic (exact) mass is 198 g/mol. The van der Waals surface area contributed by atoms with E-state index in [4.69, 9.17) is 0 Å². The predicted octanol–water partition coefficient (Wildman–Crippen LogP) is 1.41. The molecule has 1 amide bonds. The molecule has 0 aliphatic carbocycles. The van der Waals surface area contributed by atoms with E-state index in [1.807, 2.05) is 20.2 Å². The van der Waals surface area contributed by atoms with Gasteiger partial charge in [-0.3, -0.25) is 4.79 Å². The van der Waals surface area contributed by atoms with Gasteiger partial charge in [0.25, 0.3) is 0 Å². The molecule has 1 N–H and O–H groups in total. The highest BCUT2D eigenvalue weighted by molar-refractivity contribution is 5.75. The molecule has 0 rings (SSSR count). The Morgan fingerprint density at radius 2 is 2.21 bits per heavy atom. The van der Waals surface area contributed by atoms with Crippen molar-refractivity contribution < 1.29 is 4.79 Å². The Kier molecular flexibility index (Phi) is 8.24. The molecule has 0 unspecified atom stereocenters. The van der Waals surface area contributed by atoms with Crippen LogP contribution < -0.4 is 5.32 Å². The highest BCUT2D eigenvalue weighted by Crippen LogP contribution is 1.98. The van der Waals surface area contributed by atoms with E-state index in [1.54, 1.807) is 4.90 Å². The molecule has 0 radical (unpaired) electrons. The zero-order chi connectivity index (χ0) is 10.8. The lowest BCUT2D eigenvalue weighted by atomic mass is 10.2. The van der Waals surface area contributed by atoms with Gasteiger partial charge in [-0.15, -0.1) is 6.58 Å². The summed E-state index contributed by atoms with van der Waals surface area (Å²) in [6, 6.07) is 0. The maximum absolute atomic E-state index is 11.5. The fourth-order valence-electron chi connectivity index (χ4n) is 1.20. The molecule has 3 heteroatoms. The summed E-state index contributed by atoms with van der Waals surface area (Å²) >= 11 is 0. The van der Waals surface area contributed by atoms with Crippen LogP contribution in [0, 0.1) is 0 Å². The maximum atomic E-state index is 11.5. The van der Waals surface area contributed by atoms with Crippen LogP contribution in [0.2, 0.25) is 0 Å². The molecular weight excluding hydrogens is 176 g/mol. The molecule has 3 nitrogen and oxygen atoms in total. The lowest BCUT2D eigenvalue weighted by Crippen LogP contribution is -2.28. The van der Waals surface area contributed by atoms with Crippen molar-refractivity contribution in [2.24, 2.45) is 0 Å². The van der Waals surface area contributed by atoms with Gasteiger partial charge in [-0.1, -0.05) is 6.08 Å². The van der Waals surface area contributed by atoms with Crippen LogP contribution in [0.15, 0.2) is 12.7 Å². The highest BCUT2D eigenvalue weighted by atomic mass is 16.2. The molecule has 0 spiro atoms. The molecular formula is C11H22N2O. The Labute approximate surface area is 87.2 Å². The van der Waals surface area contributed by atoms with Crippen molar-refractivity contribution in [1.82, 2.24) is 10.2 Å². The molecule has 0 saturated heterocycles. The van der Waals surface area contributed by atoms with E-state index in [1.165, 1.54) is 0 Å². The minimum absolute atomic E-state index is 0.240. The Bertz CT molecular complexity index is 169. The summed E-state index contributed by atoms with van der Waals surface area (Å²) in [6.07, 6.45) is 5.44. The van der Waals surface area contributed by atoms with E-state index < -0.39 is 0 Å². The molecule has 14 heavy (non-hydrogen) atoms. The summed E-state index contributed by atoms with van der Waals surface area (Å²) in [6.45, 7) is 5.40. The first kappa shape index (κ1) is 13.2. The fourth-order valence-corrected chi connectivity index (χ4v) is 1.20. The number of nitrogens with one attached hydrogen (secondary N) is 1. The first-order chi connectivity index (χ1) is 6.72. The van der Waals surface area contributed by atoms with E-state index in [2.05, 4.69) is 11.9 Å². The number of amides is 1. The van der Waals surface area contributed by atoms with E-state index in [-0.39, 0.29) is 5.91 Å². The van der Waals surface area contributed by atoms with Crippen molar-refractivity contribution in [3.05, 3.63) is 12.7 Å². The van der Waals surface area contributed by atoms with Crippen molar-refractivity contribution in [1.29, 1.82) is 0 Å². The second-order valence-electron chi connectivity index (χ2n) is 3.45. The average molecular weight is 198 g/mol. The van der Waals surface area contributed by atoms with Crippen LogP contribution in [0.3, 0.4) is 0 Å². The summed E-state index contributed by atoms with van der Waals surface area (Å²) in [4.78, 5) is 13.3. The van der Waals surface area contributed by atoms with Gasteiger partial charge in [0, 0.05) is 20.0 Å². The summed E-state index contributed by atoms with van der Waals surface area (Å²) in [5.74, 6) is 0.240. The second kappa shape index (κ2) is 8.75. The third kappa shape index (κ3) is 6.66. The van der Waals surface area contributed by atoms with E-state index >= 15 is 0 Å². The molecule has 0 saturated carbocycles. The number of carbonyl (C=O) groups is 1. The minimum atomic E-state index is 0.240. The SMILES string of the molecule is C=CCCCN(C)C(=O)CCCNC. The van der Waals surface area contributed by atoms with Gasteiger partial charge in [-0.05, 0) is 32.9 Å². The topological polar surface area (TPSA) is 32.3 Å². The van der Waals surface area contributed by atoms with Crippen LogP contribution in [0.4, 0.5) is 0 Å². The smallest absolute Gasteiger partial charge is 0.222 e. The Balaban J connectivity index is 3.49. The zero-order valence-corrected chi connectivity index (χ0v) is 9.38. The number of hydrogen-bond acceptors (Lipinski definition) is 2. The number of rotatable bonds is 8. The van der Waals surface area contributed by atoms with Crippen LogP contribution in [0.5, 0.6) is 0 Å². The molecule has 82 valence electrons. The average Bonchev–Trinajstić information content (AvgIpc) is 2.18. The molecule has 0 aromatic rings. The first-order valence-corrected chi connectivity index (χ1v) is 5.21. The van der Waals surface area contributed by atoms with Crippen molar-refractivity contribution >= 4 is 5.91 Å². The van der Waals surface area contributed by atoms with Crippen LogP contribution in [-0.2, 0) is 4.79 Å². The lowest BCUT2D eigenvalue weighted by molar-refractivity contribution is -0.130. The minimum Gasteiger partial charge on any atom is -0.346 e. The van der Waals surface area contributed by atoms with Gasteiger partial charge in [-0.25, -0.2) is 0 Å². The molecule has 0 bridgehead atoms. The molecule has 0 aromatic heterocycles. The summed E-state index contributed by atoms with van der Waals surface area (Å²) in [5.41, 5.74) is 0. The van der Waals surface area contributed by atoms with Gasteiger partial charge in [-0.2, -0.15) is 0 Å². The van der Waals surface area contributed by atoms with Crippen molar-refractivity contribution in [2.75, 3.05) is 27.2 Å². The van der Waals surface area contributed by atoms with Crippen molar-refractivity contribution in [3.63, 3.8) is 0 Å². The lowest BCUT2D eigenvalue weighted by Gasteiger charge is -2.16. The molecule has 0 aliphatic heterocycles. The predicted molar refractivity (Wildman–Crippen MR) is 60.2 cm³/mol. The Hall–Kier alpha value is -0.830. The quantitative estimate of drug-likeness (QED) is 0.472. The third-order valence-electron chi connectivity index (χ3n) is 2.14. The van der Waals surface area contributed by atoms with Crippen molar-refractivity contribution in [2.45, 2.75) is 25.7 Å². The van der Waals surface area contributed by atoms with Gasteiger partial charge in [0.2, 0.25) is 5.91 Å². The molecule has 0 aliphatic rings. The first-order valence-electron chi connectivity index (χ1n) is 5.21. The third-order valence-corrected chi connectivity index (χ3v) is 2.14. The standard InChI is InChI=1S/C11H22N2O/c1-4-5-6-10-13(3)11(14)8-7-9-12-2/h4,12H,1,5-10H2,2-3H3. The normalized spacial score (nSPS) is 9.86. The summed E-state index contributed by atoms with van der Waals surface area (Å²) in [5, 5.41) is 3.03. The molecule has 0 atom stereocenters. The zero-order valence-electron chi connectivity index (χ0n) is 9.38. The van der Waals surface area contributed by atoms with Gasteiger partial charge in [0.15, 0.2) is 0 Å². The number of nitrogens with zero attached hydrogens (tertiary/aromatic N) is 1. The number of hydrogen-bond donors (Lipinski definition) is 1. The summed E-state index contributed by atoms with van der Waals surface area (Å²) in [7, 11) is 3.77. The van der Waals surface area contributed by atoms with E-state index in [9.17, 15) is 4.79 Å². The fraction of sp³-hybridized carbons (Fsp3) is 0.727. The summed E-state index contributed by atoms with van der Waals surface area (Å²) < 4.78 is 0.